The minimum atomic E-state index is 0.159. The molecule has 23 heavy (non-hydrogen) atoms. The van der Waals surface area contributed by atoms with Gasteiger partial charge >= 0.3 is 0 Å². The normalized spacial score (nSPS) is 19.7. The summed E-state index contributed by atoms with van der Waals surface area (Å²) in [6, 6.07) is 0.159. The van der Waals surface area contributed by atoms with Crippen LogP contribution in [0, 0.1) is 11.8 Å². The number of rotatable bonds is 8. The zero-order valence-electron chi connectivity index (χ0n) is 16.2. The fraction of sp³-hybridized carbons (Fsp3) is 0.700. The molecule has 1 heterocycles. The van der Waals surface area contributed by atoms with Gasteiger partial charge in [0.2, 0.25) is 0 Å². The van der Waals surface area contributed by atoms with Crippen molar-refractivity contribution in [1.29, 1.82) is 0 Å². The van der Waals surface area contributed by atoms with Crippen LogP contribution in [-0.4, -0.2) is 35.7 Å². The topological polar surface area (TPSA) is 28.0 Å². The molecule has 0 bridgehead atoms. The summed E-state index contributed by atoms with van der Waals surface area (Å²) in [6.07, 6.45) is 4.42. The van der Waals surface area contributed by atoms with Crippen molar-refractivity contribution in [3.63, 3.8) is 0 Å². The molecule has 3 nitrogen and oxygen atoms in total. The molecule has 2 atom stereocenters. The first-order valence-corrected chi connectivity index (χ1v) is 9.07. The number of hydrogen-bond acceptors (Lipinski definition) is 3. The van der Waals surface area contributed by atoms with Gasteiger partial charge in [0.1, 0.15) is 11.9 Å². The molecule has 0 amide bonds. The molecule has 0 aromatic heterocycles. The average Bonchev–Trinajstić information content (AvgIpc) is 2.86. The van der Waals surface area contributed by atoms with E-state index >= 15 is 0 Å². The molecule has 130 valence electrons. The standard InChI is InChI=1S/C20H35N3/c1-9-18(13-16(7)15(5)6)19-21-17(8)20(22-19)23(10-2)12-11-14(3)4/h13-14,16-17H,5,9-12H2,1-4,6-8H3/b18-13+/t16-,17?/m0/s1. The predicted octanol–water partition coefficient (Wildman–Crippen LogP) is 5.10. The molecule has 0 radical (unpaired) electrons. The Kier molecular flexibility index (Phi) is 7.74. The van der Waals surface area contributed by atoms with E-state index in [0.29, 0.717) is 11.8 Å². The summed E-state index contributed by atoms with van der Waals surface area (Å²) in [5.41, 5.74) is 2.42. The summed E-state index contributed by atoms with van der Waals surface area (Å²) >= 11 is 0. The maximum atomic E-state index is 4.90. The number of aliphatic imine (C=N–C) groups is 2. The lowest BCUT2D eigenvalue weighted by Crippen LogP contribution is -2.36. The fourth-order valence-corrected chi connectivity index (χ4v) is 2.60. The number of likely N-dealkylation sites (N-methyl/N-ethyl adjacent to an activating group) is 1. The van der Waals surface area contributed by atoms with Crippen LogP contribution in [0.2, 0.25) is 0 Å². The minimum absolute atomic E-state index is 0.159. The molecule has 0 aliphatic carbocycles. The van der Waals surface area contributed by atoms with Crippen molar-refractivity contribution in [2.75, 3.05) is 13.1 Å². The fourth-order valence-electron chi connectivity index (χ4n) is 2.60. The zero-order chi connectivity index (χ0) is 17.6. The first-order valence-electron chi connectivity index (χ1n) is 9.07. The predicted molar refractivity (Wildman–Crippen MR) is 103 cm³/mol. The molecule has 0 spiro atoms. The van der Waals surface area contributed by atoms with Gasteiger partial charge in [-0.05, 0) is 51.0 Å². The molecular weight excluding hydrogens is 282 g/mol. The molecule has 0 aromatic carbocycles. The summed E-state index contributed by atoms with van der Waals surface area (Å²) in [6.45, 7) is 21.4. The van der Waals surface area contributed by atoms with Crippen LogP contribution < -0.4 is 0 Å². The molecule has 1 aliphatic heterocycles. The Morgan fingerprint density at radius 3 is 2.43 bits per heavy atom. The van der Waals surface area contributed by atoms with Crippen molar-refractivity contribution >= 4 is 11.7 Å². The highest BCUT2D eigenvalue weighted by molar-refractivity contribution is 6.11. The number of hydrogen-bond donors (Lipinski definition) is 0. The highest BCUT2D eigenvalue weighted by Gasteiger charge is 2.24. The summed E-state index contributed by atoms with van der Waals surface area (Å²) in [5.74, 6) is 3.13. The molecule has 0 saturated heterocycles. The van der Waals surface area contributed by atoms with Crippen molar-refractivity contribution in [2.45, 2.75) is 67.3 Å². The molecule has 0 saturated carbocycles. The third-order valence-electron chi connectivity index (χ3n) is 4.49. The SMILES string of the molecule is C=C(C)[C@@H](C)/C=C(\CC)C1=NC(C)C(N(CC)CCC(C)C)=N1. The summed E-state index contributed by atoms with van der Waals surface area (Å²) in [7, 11) is 0. The van der Waals surface area contributed by atoms with Crippen molar-refractivity contribution in [2.24, 2.45) is 21.8 Å². The molecule has 0 fully saturated rings. The van der Waals surface area contributed by atoms with Crippen molar-refractivity contribution in [3.8, 4) is 0 Å². The van der Waals surface area contributed by atoms with Crippen LogP contribution in [-0.2, 0) is 0 Å². The van der Waals surface area contributed by atoms with Crippen LogP contribution in [0.25, 0.3) is 0 Å². The minimum Gasteiger partial charge on any atom is -0.358 e. The Balaban J connectivity index is 2.95. The van der Waals surface area contributed by atoms with Gasteiger partial charge in [-0.3, -0.25) is 4.99 Å². The molecule has 1 unspecified atom stereocenters. The lowest BCUT2D eigenvalue weighted by atomic mass is 9.99. The van der Waals surface area contributed by atoms with Crippen LogP contribution in [0.15, 0.2) is 33.8 Å². The van der Waals surface area contributed by atoms with Crippen LogP contribution in [0.3, 0.4) is 0 Å². The second-order valence-corrected chi connectivity index (χ2v) is 7.04. The van der Waals surface area contributed by atoms with E-state index in [1.165, 1.54) is 17.6 Å². The smallest absolute Gasteiger partial charge is 0.153 e. The second-order valence-electron chi connectivity index (χ2n) is 7.04. The number of amidine groups is 2. The van der Waals surface area contributed by atoms with Gasteiger partial charge in [-0.25, -0.2) is 4.99 Å². The Morgan fingerprint density at radius 1 is 1.30 bits per heavy atom. The summed E-state index contributed by atoms with van der Waals surface area (Å²) < 4.78 is 0. The van der Waals surface area contributed by atoms with Gasteiger partial charge in [0.15, 0.2) is 5.84 Å². The number of nitrogens with zero attached hydrogens (tertiary/aromatic N) is 3. The second kappa shape index (κ2) is 9.05. The van der Waals surface area contributed by atoms with Gasteiger partial charge in [-0.15, -0.1) is 0 Å². The molecule has 1 rings (SSSR count). The summed E-state index contributed by atoms with van der Waals surface area (Å²) in [4.78, 5) is 12.1. The van der Waals surface area contributed by atoms with Gasteiger partial charge in [0.05, 0.1) is 0 Å². The molecule has 0 aromatic rings. The van der Waals surface area contributed by atoms with E-state index < -0.39 is 0 Å². The Labute approximate surface area is 143 Å². The van der Waals surface area contributed by atoms with E-state index in [1.807, 2.05) is 0 Å². The van der Waals surface area contributed by atoms with E-state index in [-0.39, 0.29) is 6.04 Å². The Bertz CT molecular complexity index is 497. The van der Waals surface area contributed by atoms with Crippen LogP contribution in [0.4, 0.5) is 0 Å². The maximum Gasteiger partial charge on any atom is 0.153 e. The Hall–Kier alpha value is -1.38. The maximum absolute atomic E-state index is 4.90. The quantitative estimate of drug-likeness (QED) is 0.572. The zero-order valence-corrected chi connectivity index (χ0v) is 16.2. The Morgan fingerprint density at radius 2 is 1.96 bits per heavy atom. The average molecular weight is 318 g/mol. The number of allylic oxidation sites excluding steroid dienone is 2. The van der Waals surface area contributed by atoms with Crippen LogP contribution in [0.1, 0.15) is 61.3 Å². The van der Waals surface area contributed by atoms with Crippen molar-refractivity contribution in [3.05, 3.63) is 23.8 Å². The first-order chi connectivity index (χ1) is 10.8. The van der Waals surface area contributed by atoms with E-state index in [4.69, 9.17) is 9.98 Å². The highest BCUT2D eigenvalue weighted by atomic mass is 15.2. The molecular formula is C20H35N3. The molecule has 0 N–H and O–H groups in total. The van der Waals surface area contributed by atoms with Gasteiger partial charge in [0.25, 0.3) is 0 Å². The third-order valence-corrected chi connectivity index (χ3v) is 4.49. The van der Waals surface area contributed by atoms with E-state index in [9.17, 15) is 0 Å². The monoisotopic (exact) mass is 317 g/mol. The third kappa shape index (κ3) is 5.63. The lowest BCUT2D eigenvalue weighted by Gasteiger charge is -2.25. The lowest BCUT2D eigenvalue weighted by molar-refractivity contribution is 0.388. The van der Waals surface area contributed by atoms with Crippen LogP contribution in [0.5, 0.6) is 0 Å². The molecule has 3 heteroatoms. The van der Waals surface area contributed by atoms with E-state index in [2.05, 4.69) is 66.0 Å². The first kappa shape index (κ1) is 19.7. The van der Waals surface area contributed by atoms with Gasteiger partial charge in [-0.1, -0.05) is 45.9 Å². The van der Waals surface area contributed by atoms with Gasteiger partial charge in [-0.2, -0.15) is 0 Å². The van der Waals surface area contributed by atoms with Gasteiger partial charge < -0.3 is 4.90 Å². The van der Waals surface area contributed by atoms with E-state index in [1.54, 1.807) is 0 Å². The highest BCUT2D eigenvalue weighted by Crippen LogP contribution is 2.20. The molecule has 1 aliphatic rings. The summed E-state index contributed by atoms with van der Waals surface area (Å²) in [5, 5.41) is 0. The van der Waals surface area contributed by atoms with Crippen molar-refractivity contribution < 1.29 is 0 Å². The van der Waals surface area contributed by atoms with Crippen LogP contribution >= 0.6 is 0 Å². The van der Waals surface area contributed by atoms with Crippen molar-refractivity contribution in [1.82, 2.24) is 4.90 Å². The largest absolute Gasteiger partial charge is 0.358 e. The van der Waals surface area contributed by atoms with E-state index in [0.717, 1.165) is 31.2 Å². The van der Waals surface area contributed by atoms with Gasteiger partial charge in [0, 0.05) is 13.1 Å².